The number of hydrogen-bond donors (Lipinski definition) is 2. The second kappa shape index (κ2) is 6.07. The molecule has 23 heavy (non-hydrogen) atoms. The van der Waals surface area contributed by atoms with Crippen molar-refractivity contribution in [3.8, 4) is 0 Å². The molecule has 122 valence electrons. The van der Waals surface area contributed by atoms with Crippen LogP contribution in [0.3, 0.4) is 0 Å². The van der Waals surface area contributed by atoms with Crippen LogP contribution >= 0.6 is 0 Å². The van der Waals surface area contributed by atoms with Gasteiger partial charge in [-0.05, 0) is 12.8 Å². The van der Waals surface area contributed by atoms with E-state index in [4.69, 9.17) is 5.73 Å². The molecule has 0 unspecified atom stereocenters. The van der Waals surface area contributed by atoms with Gasteiger partial charge in [-0.2, -0.15) is 10.1 Å². The first-order valence-electron chi connectivity index (χ1n) is 7.30. The van der Waals surface area contributed by atoms with Gasteiger partial charge in [0, 0.05) is 32.4 Å². The number of aromatic nitrogens is 4. The number of nitrogens with two attached hydrogens (primary N) is 1. The summed E-state index contributed by atoms with van der Waals surface area (Å²) in [6.07, 6.45) is 6.93. The van der Waals surface area contributed by atoms with Gasteiger partial charge < -0.3 is 16.0 Å². The lowest BCUT2D eigenvalue weighted by Crippen LogP contribution is -2.42. The molecule has 1 aliphatic rings. The fourth-order valence-corrected chi connectivity index (χ4v) is 2.68. The van der Waals surface area contributed by atoms with E-state index in [1.165, 1.54) is 0 Å². The van der Waals surface area contributed by atoms with Gasteiger partial charge in [0.05, 0.1) is 16.8 Å². The maximum absolute atomic E-state index is 10.7. The molecule has 10 nitrogen and oxygen atoms in total. The Morgan fingerprint density at radius 2 is 2.30 bits per heavy atom. The Bertz CT molecular complexity index is 716. The molecular formula is C13H18N8O2. The number of nitrogens with zero attached hydrogens (tertiary/aromatic N) is 6. The first kappa shape index (κ1) is 15.0. The molecule has 10 heteroatoms. The third-order valence-corrected chi connectivity index (χ3v) is 3.81. The second-order valence-corrected chi connectivity index (χ2v) is 5.52. The number of nitrogens with one attached hydrogen (secondary N) is 1. The first-order chi connectivity index (χ1) is 11.0. The maximum Gasteiger partial charge on any atom is 0.329 e. The third-order valence-electron chi connectivity index (χ3n) is 3.81. The molecule has 0 amide bonds. The van der Waals surface area contributed by atoms with Crippen molar-refractivity contribution in [3.05, 3.63) is 28.7 Å². The van der Waals surface area contributed by atoms with E-state index in [0.29, 0.717) is 5.95 Å². The highest BCUT2D eigenvalue weighted by atomic mass is 16.6. The zero-order valence-electron chi connectivity index (χ0n) is 12.7. The molecule has 0 spiro atoms. The molecule has 2 aromatic heterocycles. The average molecular weight is 318 g/mol. The standard InChI is InChI=1S/C13H18N8O2/c1-19-8-10(5-16-19)20-4-2-3-9(7-20)17-13-15-6-11(21(22)23)12(14)18-13/h5-6,8-9H,2-4,7H2,1H3,(H3,14,15,17,18)/t9-/m0/s1. The number of piperidine rings is 1. The molecular weight excluding hydrogens is 300 g/mol. The zero-order valence-corrected chi connectivity index (χ0v) is 12.7. The van der Waals surface area contributed by atoms with Crippen LogP contribution in [0.4, 0.5) is 23.1 Å². The van der Waals surface area contributed by atoms with E-state index in [1.54, 1.807) is 4.68 Å². The minimum Gasteiger partial charge on any atom is -0.378 e. The highest BCUT2D eigenvalue weighted by Gasteiger charge is 2.22. The van der Waals surface area contributed by atoms with Crippen molar-refractivity contribution in [3.63, 3.8) is 0 Å². The van der Waals surface area contributed by atoms with Gasteiger partial charge >= 0.3 is 5.69 Å². The molecule has 3 N–H and O–H groups in total. The Kier molecular flexibility index (Phi) is 3.96. The van der Waals surface area contributed by atoms with Gasteiger partial charge in [0.15, 0.2) is 0 Å². The summed E-state index contributed by atoms with van der Waals surface area (Å²) >= 11 is 0. The molecule has 2 aromatic rings. The molecule has 0 saturated carbocycles. The summed E-state index contributed by atoms with van der Waals surface area (Å²) in [6, 6.07) is 0.143. The van der Waals surface area contributed by atoms with Crippen LogP contribution in [0, 0.1) is 10.1 Å². The van der Waals surface area contributed by atoms with E-state index in [-0.39, 0.29) is 17.5 Å². The van der Waals surface area contributed by atoms with Crippen molar-refractivity contribution in [1.29, 1.82) is 0 Å². The number of nitrogen functional groups attached to an aromatic ring is 1. The molecule has 0 aliphatic carbocycles. The van der Waals surface area contributed by atoms with Crippen LogP contribution in [0.2, 0.25) is 0 Å². The summed E-state index contributed by atoms with van der Waals surface area (Å²) in [5.41, 5.74) is 6.39. The van der Waals surface area contributed by atoms with Crippen molar-refractivity contribution in [1.82, 2.24) is 19.7 Å². The predicted molar refractivity (Wildman–Crippen MR) is 85.2 cm³/mol. The van der Waals surface area contributed by atoms with E-state index in [1.807, 2.05) is 19.4 Å². The zero-order chi connectivity index (χ0) is 16.4. The Hall–Kier alpha value is -2.91. The molecule has 3 heterocycles. The predicted octanol–water partition coefficient (Wildman–Crippen LogP) is 0.781. The summed E-state index contributed by atoms with van der Waals surface area (Å²) in [5.74, 6) is 0.179. The first-order valence-corrected chi connectivity index (χ1v) is 7.30. The fourth-order valence-electron chi connectivity index (χ4n) is 2.68. The molecule has 3 rings (SSSR count). The monoisotopic (exact) mass is 318 g/mol. The average Bonchev–Trinajstić information content (AvgIpc) is 2.94. The molecule has 1 saturated heterocycles. The highest BCUT2D eigenvalue weighted by molar-refractivity contribution is 5.53. The number of nitro groups is 1. The summed E-state index contributed by atoms with van der Waals surface area (Å²) in [4.78, 5) is 20.3. The van der Waals surface area contributed by atoms with Crippen molar-refractivity contribution < 1.29 is 4.92 Å². The molecule has 0 radical (unpaired) electrons. The molecule has 0 aromatic carbocycles. The minimum atomic E-state index is -0.593. The Morgan fingerprint density at radius 3 is 2.96 bits per heavy atom. The summed E-state index contributed by atoms with van der Waals surface area (Å²) < 4.78 is 1.77. The number of anilines is 3. The van der Waals surface area contributed by atoms with E-state index >= 15 is 0 Å². The van der Waals surface area contributed by atoms with Crippen molar-refractivity contribution in [2.75, 3.05) is 29.0 Å². The summed E-state index contributed by atoms with van der Waals surface area (Å²) in [6.45, 7) is 1.75. The SMILES string of the molecule is Cn1cc(N2CCC[C@H](Nc3ncc([N+](=O)[O-])c(N)n3)C2)cn1. The van der Waals surface area contributed by atoms with Crippen molar-refractivity contribution in [2.45, 2.75) is 18.9 Å². The molecule has 0 bridgehead atoms. The molecule has 1 aliphatic heterocycles. The number of hydrogen-bond acceptors (Lipinski definition) is 8. The number of rotatable bonds is 4. The molecule has 1 fully saturated rings. The lowest BCUT2D eigenvalue weighted by Gasteiger charge is -2.33. The molecule has 1 atom stereocenters. The normalized spacial score (nSPS) is 18.0. The van der Waals surface area contributed by atoms with E-state index in [0.717, 1.165) is 37.8 Å². The highest BCUT2D eigenvalue weighted by Crippen LogP contribution is 2.22. The van der Waals surface area contributed by atoms with Crippen LogP contribution in [0.5, 0.6) is 0 Å². The van der Waals surface area contributed by atoms with E-state index in [2.05, 4.69) is 25.3 Å². The van der Waals surface area contributed by atoms with Gasteiger partial charge in [0.1, 0.15) is 6.20 Å². The topological polar surface area (TPSA) is 128 Å². The van der Waals surface area contributed by atoms with Crippen molar-refractivity contribution >= 4 is 23.1 Å². The Balaban J connectivity index is 1.68. The fraction of sp³-hybridized carbons (Fsp3) is 0.462. The van der Waals surface area contributed by atoms with Gasteiger partial charge in [-0.3, -0.25) is 14.8 Å². The quantitative estimate of drug-likeness (QED) is 0.625. The van der Waals surface area contributed by atoms with Crippen LogP contribution in [-0.2, 0) is 7.05 Å². The van der Waals surface area contributed by atoms with Crippen LogP contribution in [0.25, 0.3) is 0 Å². The smallest absolute Gasteiger partial charge is 0.329 e. The van der Waals surface area contributed by atoms with Crippen LogP contribution in [0.1, 0.15) is 12.8 Å². The van der Waals surface area contributed by atoms with E-state index < -0.39 is 4.92 Å². The summed E-state index contributed by atoms with van der Waals surface area (Å²) in [7, 11) is 1.89. The Labute approximate surface area is 132 Å². The van der Waals surface area contributed by atoms with Gasteiger partial charge in [-0.15, -0.1) is 0 Å². The Morgan fingerprint density at radius 1 is 1.48 bits per heavy atom. The van der Waals surface area contributed by atoms with Crippen LogP contribution < -0.4 is 16.0 Å². The minimum absolute atomic E-state index is 0.132. The third kappa shape index (κ3) is 3.30. The van der Waals surface area contributed by atoms with Crippen molar-refractivity contribution in [2.24, 2.45) is 7.05 Å². The number of aryl methyl sites for hydroxylation is 1. The largest absolute Gasteiger partial charge is 0.378 e. The van der Waals surface area contributed by atoms with E-state index in [9.17, 15) is 10.1 Å². The van der Waals surface area contributed by atoms with Crippen LogP contribution in [-0.4, -0.2) is 43.8 Å². The van der Waals surface area contributed by atoms with Gasteiger partial charge in [0.2, 0.25) is 11.8 Å². The van der Waals surface area contributed by atoms with Gasteiger partial charge in [0.25, 0.3) is 0 Å². The lowest BCUT2D eigenvalue weighted by atomic mass is 10.1. The van der Waals surface area contributed by atoms with Crippen LogP contribution in [0.15, 0.2) is 18.6 Å². The van der Waals surface area contributed by atoms with Gasteiger partial charge in [-0.25, -0.2) is 4.98 Å². The summed E-state index contributed by atoms with van der Waals surface area (Å²) in [5, 5.41) is 18.1. The second-order valence-electron chi connectivity index (χ2n) is 5.52. The van der Waals surface area contributed by atoms with Gasteiger partial charge in [-0.1, -0.05) is 0 Å². The maximum atomic E-state index is 10.7. The lowest BCUT2D eigenvalue weighted by molar-refractivity contribution is -0.384.